The van der Waals surface area contributed by atoms with Crippen molar-refractivity contribution in [2.45, 2.75) is 78.6 Å². The van der Waals surface area contributed by atoms with Gasteiger partial charge in [-0.05, 0) is 102 Å². The van der Waals surface area contributed by atoms with Crippen LogP contribution in [-0.4, -0.2) is 22.2 Å². The van der Waals surface area contributed by atoms with Crippen molar-refractivity contribution in [2.75, 3.05) is 0 Å². The quantitative estimate of drug-likeness (QED) is 0.0625. The van der Waals surface area contributed by atoms with Gasteiger partial charge in [0, 0.05) is 23.0 Å². The van der Waals surface area contributed by atoms with E-state index in [1.165, 1.54) is 0 Å². The number of pyridine rings is 1. The zero-order valence-corrected chi connectivity index (χ0v) is 42.7. The predicted molar refractivity (Wildman–Crippen MR) is 302 cm³/mol. The third-order valence-electron chi connectivity index (χ3n) is 13.4. The van der Waals surface area contributed by atoms with Crippen molar-refractivity contribution < 1.29 is 29.9 Å². The van der Waals surface area contributed by atoms with E-state index in [2.05, 4.69) is 49.9 Å². The van der Waals surface area contributed by atoms with Crippen LogP contribution in [0.5, 0.6) is 11.5 Å². The van der Waals surface area contributed by atoms with E-state index in [9.17, 15) is 16.4 Å². The number of rotatable bonds is 9. The number of hydrogen-bond acceptors (Lipinski definition) is 2. The molecule has 0 N–H and O–H groups in total. The zero-order chi connectivity index (χ0) is 63.0. The first kappa shape index (κ1) is 32.2. The molecule has 0 spiro atoms. The molecular weight excluding hydrogens is 893 g/mol. The lowest BCUT2D eigenvalue weighted by molar-refractivity contribution is -0.572. The predicted octanol–water partition coefficient (Wildman–Crippen LogP) is 13.3. The van der Waals surface area contributed by atoms with Gasteiger partial charge >= 0.3 is 0 Å². The smallest absolute Gasteiger partial charge is 0.269 e. The minimum Gasteiger partial charge on any atom is -0.458 e. The summed E-state index contributed by atoms with van der Waals surface area (Å²) < 4.78 is 154. The van der Waals surface area contributed by atoms with Crippen LogP contribution in [0.3, 0.4) is 0 Å². The highest BCUT2D eigenvalue weighted by Crippen LogP contribution is 2.37. The molecule has 0 radical (unpaired) electrons. The van der Waals surface area contributed by atoms with Crippen LogP contribution >= 0.6 is 0 Å². The van der Waals surface area contributed by atoms with Gasteiger partial charge in [-0.15, -0.1) is 0 Å². The second kappa shape index (κ2) is 17.8. The molecule has 0 amide bonds. The summed E-state index contributed by atoms with van der Waals surface area (Å²) in [5.41, 5.74) is 4.15. The van der Waals surface area contributed by atoms with Crippen LogP contribution < -0.4 is 30.1 Å². The topological polar surface area (TPSA) is 35.9 Å². The van der Waals surface area contributed by atoms with Gasteiger partial charge in [-0.25, -0.2) is 4.98 Å². The zero-order valence-electron chi connectivity index (χ0n) is 56.7. The maximum absolute atomic E-state index is 9.96. The van der Waals surface area contributed by atoms with E-state index < -0.39 is 125 Å². The fourth-order valence-corrected chi connectivity index (χ4v) is 13.8. The summed E-state index contributed by atoms with van der Waals surface area (Å²) >= 11 is 0. The third kappa shape index (κ3) is 8.14. The Morgan fingerprint density at radius 1 is 0.528 bits per heavy atom. The first-order valence-corrected chi connectivity index (χ1v) is 26.0. The molecule has 0 fully saturated rings. The molecule has 0 aliphatic rings. The Morgan fingerprint density at radius 3 is 1.74 bits per heavy atom. The summed E-state index contributed by atoms with van der Waals surface area (Å²) in [4.78, 5) is 4.86. The lowest BCUT2D eigenvalue weighted by Gasteiger charge is -2.39. The van der Waals surface area contributed by atoms with Crippen LogP contribution in [0.25, 0.3) is 50.0 Å². The van der Waals surface area contributed by atoms with Gasteiger partial charge in [-0.1, -0.05) is 214 Å². The van der Waals surface area contributed by atoms with Crippen LogP contribution in [-0.2, 0) is 16.2 Å². The molecule has 0 saturated heterocycles. The lowest BCUT2D eigenvalue weighted by atomic mass is 9.79. The van der Waals surface area contributed by atoms with Crippen LogP contribution in [0, 0.1) is 6.33 Å². The maximum Gasteiger partial charge on any atom is 0.269 e. The maximum atomic E-state index is 9.96. The average molecular weight is 970 g/mol. The summed E-state index contributed by atoms with van der Waals surface area (Å²) in [5.74, 6) is 1.76. The standard InChI is InChI=1S/C66H62N4OSi/c1-64(2,3)46-38-39-67-62(42-46)70-57-33-20-19-32-54(57)55-37-36-50(44-60(55)70)71-49-25-23-24-48(43-49)68-45-69(59-35-22-21-34-58(59)68)63-56(66(7,8)9)40-47(65(4,5)6)41-61(63)72(51-26-13-10-14-27-51,52-28-15-11-16-29-52)53-30-17-12-18-31-53/h10-44H,1-9H3/i10D,11D,12D,13D,14D,15D,16D,17D,18D,26D,27D,28D,29D,30D,31D. The Bertz CT molecular complexity index is 4450. The Kier molecular flexibility index (Phi) is 7.97. The number of ether oxygens (including phenoxy) is 1. The van der Waals surface area contributed by atoms with E-state index in [0.29, 0.717) is 39.3 Å². The molecule has 11 aromatic rings. The number of fused-ring (bicyclic) bond motifs is 4. The largest absolute Gasteiger partial charge is 0.458 e. The van der Waals surface area contributed by atoms with Gasteiger partial charge in [0.2, 0.25) is 0 Å². The highest BCUT2D eigenvalue weighted by molar-refractivity contribution is 7.20. The molecule has 0 saturated carbocycles. The Hall–Kier alpha value is -7.80. The molecule has 0 bridgehead atoms. The lowest BCUT2D eigenvalue weighted by Crippen LogP contribution is -2.76. The number of para-hydroxylation sites is 3. The van der Waals surface area contributed by atoms with Crippen molar-refractivity contribution in [1.82, 2.24) is 14.1 Å². The van der Waals surface area contributed by atoms with Crippen LogP contribution in [0.2, 0.25) is 0 Å². The van der Waals surface area contributed by atoms with Gasteiger partial charge in [0.1, 0.15) is 17.3 Å². The molecule has 5 nitrogen and oxygen atoms in total. The normalized spacial score (nSPS) is 15.4. The van der Waals surface area contributed by atoms with E-state index in [-0.39, 0.29) is 16.3 Å². The fraction of sp³-hybridized carbons (Fsp3) is 0.182. The van der Waals surface area contributed by atoms with Crippen LogP contribution in [0.1, 0.15) is 99.6 Å². The molecule has 0 aliphatic carbocycles. The van der Waals surface area contributed by atoms with Crippen molar-refractivity contribution in [3.8, 4) is 28.7 Å². The van der Waals surface area contributed by atoms with Crippen molar-refractivity contribution in [3.05, 3.63) is 235 Å². The minimum absolute atomic E-state index is 0.00446. The second-order valence-corrected chi connectivity index (χ2v) is 24.8. The van der Waals surface area contributed by atoms with E-state index >= 15 is 0 Å². The molecule has 72 heavy (non-hydrogen) atoms. The Labute approximate surface area is 446 Å². The highest BCUT2D eigenvalue weighted by atomic mass is 28.3. The highest BCUT2D eigenvalue weighted by Gasteiger charge is 2.45. The minimum atomic E-state index is -5.72. The monoisotopic (exact) mass is 970 g/mol. The van der Waals surface area contributed by atoms with E-state index in [1.54, 1.807) is 15.2 Å². The van der Waals surface area contributed by atoms with Crippen molar-refractivity contribution >= 4 is 61.7 Å². The molecule has 0 atom stereocenters. The number of hydrogen-bond donors (Lipinski definition) is 0. The number of benzene rings is 8. The van der Waals surface area contributed by atoms with Crippen molar-refractivity contribution in [1.29, 1.82) is 0 Å². The van der Waals surface area contributed by atoms with Gasteiger partial charge in [-0.3, -0.25) is 13.7 Å². The first-order valence-electron chi connectivity index (χ1n) is 31.5. The SMILES string of the molecule is [2H]c1c([2H])c([2H])c([Si](c2cc(C(C)(C)C)cc(C(C)(C)C)c2-[n+]2[c-]n(-c3cccc(Oc4ccc5c6ccccc6n(-c6cc(C(C)(C)C)ccn6)c5c4)c3)c3ccccc32)(c2c([2H])c([2H])c([2H])c([2H])c2[2H])c2c([2H])c([2H])c([2H])c([2H])c2[2H])c([2H])c1[2H]. The van der Waals surface area contributed by atoms with Crippen LogP contribution in [0.4, 0.5) is 0 Å². The first-order chi connectivity index (χ1) is 40.8. The molecule has 8 aromatic carbocycles. The summed E-state index contributed by atoms with van der Waals surface area (Å²) in [7, 11) is -5.72. The average Bonchev–Trinajstić information content (AvgIpc) is 0.916. The molecule has 356 valence electrons. The van der Waals surface area contributed by atoms with Gasteiger partial charge in [-0.2, -0.15) is 0 Å². The summed E-state index contributed by atoms with van der Waals surface area (Å²) in [6.45, 7) is 18.1. The molecule has 0 aliphatic heterocycles. The second-order valence-electron chi connectivity index (χ2n) is 21.2. The van der Waals surface area contributed by atoms with E-state index in [4.69, 9.17) is 13.8 Å². The number of aromatic nitrogens is 4. The van der Waals surface area contributed by atoms with Crippen molar-refractivity contribution in [3.63, 3.8) is 0 Å². The van der Waals surface area contributed by atoms with Gasteiger partial charge in [0.15, 0.2) is 8.07 Å². The summed E-state index contributed by atoms with van der Waals surface area (Å²) in [6, 6.07) is 24.1. The van der Waals surface area contributed by atoms with E-state index in [0.717, 1.165) is 33.2 Å². The fourth-order valence-electron chi connectivity index (χ4n) is 9.76. The van der Waals surface area contributed by atoms with E-state index in [1.807, 2.05) is 139 Å². The molecular formula is C66H62N4OSi. The summed E-state index contributed by atoms with van der Waals surface area (Å²) in [5, 5.41) is 0.312. The van der Waals surface area contributed by atoms with Gasteiger partial charge in [0.05, 0.1) is 54.0 Å². The van der Waals surface area contributed by atoms with Gasteiger partial charge in [0.25, 0.3) is 6.33 Å². The van der Waals surface area contributed by atoms with Gasteiger partial charge < -0.3 is 4.74 Å². The molecule has 11 rings (SSSR count). The Morgan fingerprint density at radius 2 is 1.11 bits per heavy atom. The molecule has 3 heterocycles. The molecule has 0 unspecified atom stereocenters. The Balaban J connectivity index is 1.25. The third-order valence-corrected chi connectivity index (χ3v) is 17.6. The molecule has 6 heteroatoms. The van der Waals surface area contributed by atoms with Crippen molar-refractivity contribution in [2.24, 2.45) is 0 Å². The summed E-state index contributed by atoms with van der Waals surface area (Å²) in [6.07, 6.45) is 5.44. The molecule has 3 aromatic heterocycles. The number of imidazole rings is 1. The van der Waals surface area contributed by atoms with Crippen LogP contribution in [0.15, 0.2) is 212 Å². The number of nitrogens with zero attached hydrogens (tertiary/aromatic N) is 4.